The van der Waals surface area contributed by atoms with E-state index < -0.39 is 0 Å². The van der Waals surface area contributed by atoms with Gasteiger partial charge < -0.3 is 10.6 Å². The van der Waals surface area contributed by atoms with E-state index in [-0.39, 0.29) is 11.9 Å². The second-order valence-corrected chi connectivity index (χ2v) is 7.93. The van der Waals surface area contributed by atoms with Crippen molar-refractivity contribution in [1.82, 2.24) is 4.90 Å². The van der Waals surface area contributed by atoms with Crippen LogP contribution in [0.3, 0.4) is 0 Å². The van der Waals surface area contributed by atoms with Crippen LogP contribution in [0.15, 0.2) is 47.4 Å². The average Bonchev–Trinajstić information content (AvgIpc) is 2.62. The summed E-state index contributed by atoms with van der Waals surface area (Å²) in [5.74, 6) is 0.971. The van der Waals surface area contributed by atoms with Crippen molar-refractivity contribution in [2.75, 3.05) is 13.1 Å². The van der Waals surface area contributed by atoms with Crippen LogP contribution in [-0.4, -0.2) is 29.9 Å². The minimum Gasteiger partial charge on any atom is -0.337 e. The third-order valence-corrected chi connectivity index (χ3v) is 5.89. The molecule has 2 aromatic carbocycles. The van der Waals surface area contributed by atoms with Crippen LogP contribution in [0.4, 0.5) is 0 Å². The smallest absolute Gasteiger partial charge is 0.253 e. The highest BCUT2D eigenvalue weighted by molar-refractivity contribution is 7.98. The first kappa shape index (κ1) is 18.0. The van der Waals surface area contributed by atoms with Crippen molar-refractivity contribution in [3.63, 3.8) is 0 Å². The Balaban J connectivity index is 1.69. The van der Waals surface area contributed by atoms with Crippen molar-refractivity contribution in [2.24, 2.45) is 5.73 Å². The molecule has 1 saturated heterocycles. The molecule has 1 fully saturated rings. The van der Waals surface area contributed by atoms with Crippen LogP contribution in [-0.2, 0) is 5.75 Å². The molecule has 1 aliphatic rings. The number of carbonyl (C=O) groups is 1. The fourth-order valence-electron chi connectivity index (χ4n) is 3.20. The fourth-order valence-corrected chi connectivity index (χ4v) is 4.26. The number of hydrogen-bond donors (Lipinski definition) is 1. The standard InChI is InChI=1S/C21H26N2OS/c1-15-8-9-16(2)20(11-15)25-14-17-5-3-6-18(12-17)21(24)23-10-4-7-19(22)13-23/h3,5-6,8-9,11-12,19H,4,7,10,13-14,22H2,1-2H3. The van der Waals surface area contributed by atoms with Crippen molar-refractivity contribution in [2.45, 2.75) is 43.4 Å². The lowest BCUT2D eigenvalue weighted by Crippen LogP contribution is -2.45. The van der Waals surface area contributed by atoms with Gasteiger partial charge in [-0.25, -0.2) is 0 Å². The van der Waals surface area contributed by atoms with E-state index in [4.69, 9.17) is 5.73 Å². The Labute approximate surface area is 154 Å². The van der Waals surface area contributed by atoms with E-state index in [0.29, 0.717) is 6.54 Å². The number of nitrogens with two attached hydrogens (primary N) is 1. The number of thioether (sulfide) groups is 1. The molecule has 1 atom stereocenters. The Morgan fingerprint density at radius 1 is 1.24 bits per heavy atom. The monoisotopic (exact) mass is 354 g/mol. The molecule has 0 aliphatic carbocycles. The molecular weight excluding hydrogens is 328 g/mol. The Hall–Kier alpha value is -1.78. The number of carbonyl (C=O) groups excluding carboxylic acids is 1. The van der Waals surface area contributed by atoms with Gasteiger partial charge in [0.1, 0.15) is 0 Å². The van der Waals surface area contributed by atoms with E-state index in [1.54, 1.807) is 0 Å². The molecular formula is C21H26N2OS. The Kier molecular flexibility index (Phi) is 5.82. The molecule has 2 aromatic rings. The lowest BCUT2D eigenvalue weighted by Gasteiger charge is -2.30. The molecule has 1 heterocycles. The third-order valence-electron chi connectivity index (χ3n) is 4.66. The second-order valence-electron chi connectivity index (χ2n) is 6.91. The van der Waals surface area contributed by atoms with Gasteiger partial charge in [0.2, 0.25) is 0 Å². The average molecular weight is 355 g/mol. The number of hydrogen-bond acceptors (Lipinski definition) is 3. The van der Waals surface area contributed by atoms with Crippen LogP contribution in [0.25, 0.3) is 0 Å². The predicted octanol–water partition coefficient (Wildman–Crippen LogP) is 4.16. The number of piperidine rings is 1. The third kappa shape index (κ3) is 4.65. The predicted molar refractivity (Wildman–Crippen MR) is 105 cm³/mol. The lowest BCUT2D eigenvalue weighted by atomic mass is 10.0. The largest absolute Gasteiger partial charge is 0.337 e. The number of likely N-dealkylation sites (tertiary alicyclic amines) is 1. The van der Waals surface area contributed by atoms with Gasteiger partial charge in [-0.3, -0.25) is 4.79 Å². The Morgan fingerprint density at radius 3 is 2.88 bits per heavy atom. The van der Waals surface area contributed by atoms with E-state index in [1.165, 1.54) is 21.6 Å². The van der Waals surface area contributed by atoms with Gasteiger partial charge in [0.15, 0.2) is 0 Å². The molecule has 25 heavy (non-hydrogen) atoms. The summed E-state index contributed by atoms with van der Waals surface area (Å²) in [6.45, 7) is 5.74. The number of nitrogens with zero attached hydrogens (tertiary/aromatic N) is 1. The molecule has 0 radical (unpaired) electrons. The van der Waals surface area contributed by atoms with E-state index in [1.807, 2.05) is 34.9 Å². The summed E-state index contributed by atoms with van der Waals surface area (Å²) in [5, 5.41) is 0. The van der Waals surface area contributed by atoms with Crippen LogP contribution in [0.5, 0.6) is 0 Å². The maximum atomic E-state index is 12.7. The zero-order valence-corrected chi connectivity index (χ0v) is 15.8. The van der Waals surface area contributed by atoms with Crippen molar-refractivity contribution in [3.05, 3.63) is 64.7 Å². The van der Waals surface area contributed by atoms with Gasteiger partial charge in [-0.1, -0.05) is 29.8 Å². The molecule has 1 unspecified atom stereocenters. The molecule has 4 heteroatoms. The molecule has 1 aliphatic heterocycles. The van der Waals surface area contributed by atoms with Gasteiger partial charge in [0, 0.05) is 35.3 Å². The number of rotatable bonds is 4. The molecule has 0 saturated carbocycles. The molecule has 3 nitrogen and oxygen atoms in total. The maximum Gasteiger partial charge on any atom is 0.253 e. The molecule has 0 bridgehead atoms. The molecule has 3 rings (SSSR count). The van der Waals surface area contributed by atoms with E-state index in [9.17, 15) is 4.79 Å². The summed E-state index contributed by atoms with van der Waals surface area (Å²) < 4.78 is 0. The SMILES string of the molecule is Cc1ccc(C)c(SCc2cccc(C(=O)N3CCCC(N)C3)c2)c1. The van der Waals surface area contributed by atoms with Crippen LogP contribution in [0.1, 0.15) is 39.9 Å². The Bertz CT molecular complexity index is 759. The summed E-state index contributed by atoms with van der Waals surface area (Å²) in [6.07, 6.45) is 2.01. The second kappa shape index (κ2) is 8.07. The number of benzene rings is 2. The van der Waals surface area contributed by atoms with Gasteiger partial charge >= 0.3 is 0 Å². The summed E-state index contributed by atoms with van der Waals surface area (Å²) in [7, 11) is 0. The molecule has 132 valence electrons. The van der Waals surface area contributed by atoms with E-state index in [2.05, 4.69) is 38.1 Å². The minimum atomic E-state index is 0.105. The zero-order chi connectivity index (χ0) is 17.8. The lowest BCUT2D eigenvalue weighted by molar-refractivity contribution is 0.0708. The summed E-state index contributed by atoms with van der Waals surface area (Å²) in [5.41, 5.74) is 10.5. The minimum absolute atomic E-state index is 0.105. The zero-order valence-electron chi connectivity index (χ0n) is 15.0. The normalized spacial score (nSPS) is 17.6. The van der Waals surface area contributed by atoms with E-state index >= 15 is 0 Å². The Morgan fingerprint density at radius 2 is 2.08 bits per heavy atom. The fraction of sp³-hybridized carbons (Fsp3) is 0.381. The molecule has 0 aromatic heterocycles. The van der Waals surface area contributed by atoms with Gasteiger partial charge in [0.25, 0.3) is 5.91 Å². The van der Waals surface area contributed by atoms with Crippen molar-refractivity contribution in [3.8, 4) is 0 Å². The number of aryl methyl sites for hydroxylation is 2. The molecule has 2 N–H and O–H groups in total. The van der Waals surface area contributed by atoms with Crippen molar-refractivity contribution in [1.29, 1.82) is 0 Å². The first-order chi connectivity index (χ1) is 12.0. The van der Waals surface area contributed by atoms with Crippen LogP contribution < -0.4 is 5.73 Å². The highest BCUT2D eigenvalue weighted by Gasteiger charge is 2.22. The summed E-state index contributed by atoms with van der Waals surface area (Å²) in [6, 6.07) is 14.7. The summed E-state index contributed by atoms with van der Waals surface area (Å²) in [4.78, 5) is 15.9. The highest BCUT2D eigenvalue weighted by Crippen LogP contribution is 2.27. The first-order valence-corrected chi connectivity index (χ1v) is 9.85. The van der Waals surface area contributed by atoms with Gasteiger partial charge in [-0.2, -0.15) is 0 Å². The molecule has 0 spiro atoms. The summed E-state index contributed by atoms with van der Waals surface area (Å²) >= 11 is 1.83. The number of amides is 1. The van der Waals surface area contributed by atoms with Crippen molar-refractivity contribution < 1.29 is 4.79 Å². The maximum absolute atomic E-state index is 12.7. The first-order valence-electron chi connectivity index (χ1n) is 8.87. The van der Waals surface area contributed by atoms with E-state index in [0.717, 1.165) is 30.7 Å². The van der Waals surface area contributed by atoms with Crippen LogP contribution in [0.2, 0.25) is 0 Å². The van der Waals surface area contributed by atoms with Crippen molar-refractivity contribution >= 4 is 17.7 Å². The van der Waals surface area contributed by atoms with Gasteiger partial charge in [0.05, 0.1) is 0 Å². The topological polar surface area (TPSA) is 46.3 Å². The highest BCUT2D eigenvalue weighted by atomic mass is 32.2. The van der Waals surface area contributed by atoms with Crippen LogP contribution >= 0.6 is 11.8 Å². The van der Waals surface area contributed by atoms with Gasteiger partial charge in [-0.15, -0.1) is 11.8 Å². The molecule has 1 amide bonds. The van der Waals surface area contributed by atoms with Crippen LogP contribution in [0, 0.1) is 13.8 Å². The van der Waals surface area contributed by atoms with Gasteiger partial charge in [-0.05, 0) is 56.0 Å². The quantitative estimate of drug-likeness (QED) is 0.839.